The SMILES string of the molecule is CC(NC(C)c1ccc2ccccc2c1)c1cn[nH]c1. The second kappa shape index (κ2) is 5.47. The van der Waals surface area contributed by atoms with Crippen LogP contribution in [0.4, 0.5) is 0 Å². The molecular formula is C17H19N3. The first-order chi connectivity index (χ1) is 9.74. The molecule has 0 aliphatic heterocycles. The van der Waals surface area contributed by atoms with E-state index in [9.17, 15) is 0 Å². The fourth-order valence-corrected chi connectivity index (χ4v) is 2.54. The zero-order chi connectivity index (χ0) is 13.9. The van der Waals surface area contributed by atoms with E-state index in [0.29, 0.717) is 6.04 Å². The quantitative estimate of drug-likeness (QED) is 0.749. The van der Waals surface area contributed by atoms with Crippen LogP contribution in [0.25, 0.3) is 10.8 Å². The van der Waals surface area contributed by atoms with Crippen LogP contribution in [-0.2, 0) is 0 Å². The second-order valence-electron chi connectivity index (χ2n) is 5.25. The highest BCUT2D eigenvalue weighted by Crippen LogP contribution is 2.22. The van der Waals surface area contributed by atoms with Crippen LogP contribution in [0, 0.1) is 0 Å². The molecule has 0 radical (unpaired) electrons. The molecular weight excluding hydrogens is 246 g/mol. The molecule has 3 aromatic rings. The van der Waals surface area contributed by atoms with E-state index in [2.05, 4.69) is 71.8 Å². The molecule has 0 aliphatic carbocycles. The van der Waals surface area contributed by atoms with Crippen LogP contribution >= 0.6 is 0 Å². The molecule has 20 heavy (non-hydrogen) atoms. The first-order valence-corrected chi connectivity index (χ1v) is 6.97. The van der Waals surface area contributed by atoms with Crippen LogP contribution in [0.3, 0.4) is 0 Å². The Hall–Kier alpha value is -2.13. The van der Waals surface area contributed by atoms with Gasteiger partial charge in [-0.2, -0.15) is 5.10 Å². The molecule has 3 nitrogen and oxygen atoms in total. The minimum atomic E-state index is 0.273. The van der Waals surface area contributed by atoms with E-state index in [0.717, 1.165) is 0 Å². The van der Waals surface area contributed by atoms with E-state index >= 15 is 0 Å². The number of hydrogen-bond acceptors (Lipinski definition) is 2. The number of H-pyrrole nitrogens is 1. The van der Waals surface area contributed by atoms with Crippen molar-refractivity contribution in [2.75, 3.05) is 0 Å². The van der Waals surface area contributed by atoms with Crippen molar-refractivity contribution in [1.29, 1.82) is 0 Å². The fraction of sp³-hybridized carbons (Fsp3) is 0.235. The minimum Gasteiger partial charge on any atom is -0.304 e. The summed E-state index contributed by atoms with van der Waals surface area (Å²) in [6, 6.07) is 15.7. The molecule has 0 bridgehead atoms. The monoisotopic (exact) mass is 265 g/mol. The Morgan fingerprint density at radius 1 is 0.950 bits per heavy atom. The van der Waals surface area contributed by atoms with Gasteiger partial charge in [-0.05, 0) is 36.2 Å². The molecule has 3 rings (SSSR count). The molecule has 2 atom stereocenters. The predicted molar refractivity (Wildman–Crippen MR) is 82.5 cm³/mol. The zero-order valence-corrected chi connectivity index (χ0v) is 11.8. The number of aromatic amines is 1. The molecule has 2 aromatic carbocycles. The standard InChI is InChI=1S/C17H19N3/c1-12(20-13(2)17-10-18-19-11-17)15-8-7-14-5-3-4-6-16(14)9-15/h3-13,20H,1-2H3,(H,18,19). The van der Waals surface area contributed by atoms with Crippen molar-refractivity contribution in [2.45, 2.75) is 25.9 Å². The number of hydrogen-bond donors (Lipinski definition) is 2. The summed E-state index contributed by atoms with van der Waals surface area (Å²) < 4.78 is 0. The average molecular weight is 265 g/mol. The number of fused-ring (bicyclic) bond motifs is 1. The summed E-state index contributed by atoms with van der Waals surface area (Å²) >= 11 is 0. The van der Waals surface area contributed by atoms with Crippen LogP contribution in [0.2, 0.25) is 0 Å². The molecule has 0 fully saturated rings. The minimum absolute atomic E-state index is 0.273. The number of nitrogens with zero attached hydrogens (tertiary/aromatic N) is 1. The molecule has 0 aliphatic rings. The first-order valence-electron chi connectivity index (χ1n) is 6.97. The van der Waals surface area contributed by atoms with Gasteiger partial charge in [0.25, 0.3) is 0 Å². The van der Waals surface area contributed by atoms with Crippen molar-refractivity contribution in [1.82, 2.24) is 15.5 Å². The van der Waals surface area contributed by atoms with Gasteiger partial charge in [-0.3, -0.25) is 5.10 Å². The van der Waals surface area contributed by atoms with Gasteiger partial charge in [-0.25, -0.2) is 0 Å². The maximum absolute atomic E-state index is 4.00. The summed E-state index contributed by atoms with van der Waals surface area (Å²) in [7, 11) is 0. The van der Waals surface area contributed by atoms with Crippen LogP contribution < -0.4 is 5.32 Å². The van der Waals surface area contributed by atoms with Crippen LogP contribution in [-0.4, -0.2) is 10.2 Å². The van der Waals surface area contributed by atoms with Crippen molar-refractivity contribution < 1.29 is 0 Å². The summed E-state index contributed by atoms with van der Waals surface area (Å²) in [5.41, 5.74) is 2.48. The van der Waals surface area contributed by atoms with Crippen molar-refractivity contribution >= 4 is 10.8 Å². The molecule has 1 heterocycles. The van der Waals surface area contributed by atoms with Gasteiger partial charge >= 0.3 is 0 Å². The molecule has 0 amide bonds. The maximum atomic E-state index is 4.00. The van der Waals surface area contributed by atoms with Crippen LogP contribution in [0.5, 0.6) is 0 Å². The van der Waals surface area contributed by atoms with Gasteiger partial charge in [0.1, 0.15) is 0 Å². The highest BCUT2D eigenvalue weighted by molar-refractivity contribution is 5.83. The van der Waals surface area contributed by atoms with Gasteiger partial charge in [0, 0.05) is 23.8 Å². The smallest absolute Gasteiger partial charge is 0.0534 e. The molecule has 2 unspecified atom stereocenters. The highest BCUT2D eigenvalue weighted by atomic mass is 15.1. The van der Waals surface area contributed by atoms with E-state index in [1.54, 1.807) is 0 Å². The summed E-state index contributed by atoms with van der Waals surface area (Å²) in [6.45, 7) is 4.35. The largest absolute Gasteiger partial charge is 0.304 e. The molecule has 0 spiro atoms. The van der Waals surface area contributed by atoms with Gasteiger partial charge < -0.3 is 5.32 Å². The number of rotatable bonds is 4. The molecule has 2 N–H and O–H groups in total. The van der Waals surface area contributed by atoms with E-state index in [1.165, 1.54) is 21.9 Å². The molecule has 1 aromatic heterocycles. The Balaban J connectivity index is 1.80. The van der Waals surface area contributed by atoms with Crippen LogP contribution in [0.15, 0.2) is 54.9 Å². The third-order valence-electron chi connectivity index (χ3n) is 3.79. The highest BCUT2D eigenvalue weighted by Gasteiger charge is 2.12. The Bertz CT molecular complexity index is 688. The first kappa shape index (κ1) is 12.9. The van der Waals surface area contributed by atoms with Gasteiger partial charge in [-0.15, -0.1) is 0 Å². The second-order valence-corrected chi connectivity index (χ2v) is 5.25. The number of aromatic nitrogens is 2. The Morgan fingerprint density at radius 2 is 1.70 bits per heavy atom. The molecule has 3 heteroatoms. The summed E-state index contributed by atoms with van der Waals surface area (Å²) in [5, 5.41) is 13.0. The van der Waals surface area contributed by atoms with Gasteiger partial charge in [0.05, 0.1) is 6.20 Å². The van der Waals surface area contributed by atoms with Gasteiger partial charge in [0.2, 0.25) is 0 Å². The molecule has 0 saturated carbocycles. The van der Waals surface area contributed by atoms with Crippen molar-refractivity contribution in [3.8, 4) is 0 Å². The maximum Gasteiger partial charge on any atom is 0.0534 e. The lowest BCUT2D eigenvalue weighted by Gasteiger charge is -2.20. The van der Waals surface area contributed by atoms with Crippen molar-refractivity contribution in [2.24, 2.45) is 0 Å². The Morgan fingerprint density at radius 3 is 2.45 bits per heavy atom. The summed E-state index contributed by atoms with van der Waals surface area (Å²) in [6.07, 6.45) is 3.80. The zero-order valence-electron chi connectivity index (χ0n) is 11.8. The topological polar surface area (TPSA) is 40.7 Å². The van der Waals surface area contributed by atoms with E-state index < -0.39 is 0 Å². The third kappa shape index (κ3) is 2.58. The summed E-state index contributed by atoms with van der Waals surface area (Å²) in [4.78, 5) is 0. The summed E-state index contributed by atoms with van der Waals surface area (Å²) in [5.74, 6) is 0. The fourth-order valence-electron chi connectivity index (χ4n) is 2.54. The van der Waals surface area contributed by atoms with Crippen LogP contribution in [0.1, 0.15) is 37.1 Å². The number of benzene rings is 2. The van der Waals surface area contributed by atoms with Gasteiger partial charge in [0.15, 0.2) is 0 Å². The van der Waals surface area contributed by atoms with Crippen molar-refractivity contribution in [3.05, 3.63) is 66.0 Å². The molecule has 0 saturated heterocycles. The molecule has 102 valence electrons. The number of nitrogens with one attached hydrogen (secondary N) is 2. The Labute approximate surface area is 119 Å². The average Bonchev–Trinajstić information content (AvgIpc) is 3.01. The third-order valence-corrected chi connectivity index (χ3v) is 3.79. The lowest BCUT2D eigenvalue weighted by Crippen LogP contribution is -2.22. The normalized spacial score (nSPS) is 14.3. The predicted octanol–water partition coefficient (Wildman–Crippen LogP) is 3.97. The van der Waals surface area contributed by atoms with Gasteiger partial charge in [-0.1, -0.05) is 36.4 Å². The lowest BCUT2D eigenvalue weighted by molar-refractivity contribution is 0.495. The van der Waals surface area contributed by atoms with E-state index in [4.69, 9.17) is 0 Å². The lowest BCUT2D eigenvalue weighted by atomic mass is 10.0. The van der Waals surface area contributed by atoms with E-state index in [-0.39, 0.29) is 6.04 Å². The van der Waals surface area contributed by atoms with Crippen molar-refractivity contribution in [3.63, 3.8) is 0 Å². The Kier molecular flexibility index (Phi) is 3.52. The van der Waals surface area contributed by atoms with E-state index in [1.807, 2.05) is 12.4 Å².